The number of hydrogen-bond acceptors (Lipinski definition) is 6. The van der Waals surface area contributed by atoms with Gasteiger partial charge in [0.05, 0.1) is 23.5 Å². The Morgan fingerprint density at radius 1 is 1.09 bits per heavy atom. The van der Waals surface area contributed by atoms with Crippen molar-refractivity contribution in [2.24, 2.45) is 5.41 Å². The number of aromatic nitrogens is 4. The Morgan fingerprint density at radius 2 is 1.88 bits per heavy atom. The summed E-state index contributed by atoms with van der Waals surface area (Å²) in [7, 11) is 0. The van der Waals surface area contributed by atoms with Gasteiger partial charge in [0.15, 0.2) is 0 Å². The molecule has 2 aliphatic heterocycles. The highest BCUT2D eigenvalue weighted by atomic mass is 19.4. The minimum absolute atomic E-state index is 0.347. The molecule has 3 aromatic rings. The van der Waals surface area contributed by atoms with Gasteiger partial charge >= 0.3 is 6.18 Å². The molecule has 0 amide bonds. The monoisotopic (exact) mass is 467 g/mol. The maximum atomic E-state index is 12.8. The zero-order chi connectivity index (χ0) is 23.8. The molecule has 5 rings (SSSR count). The summed E-state index contributed by atoms with van der Waals surface area (Å²) in [6, 6.07) is 9.27. The maximum Gasteiger partial charge on any atom is 0.408 e. The molecule has 176 valence electrons. The van der Waals surface area contributed by atoms with Gasteiger partial charge in [0.1, 0.15) is 6.54 Å². The summed E-state index contributed by atoms with van der Waals surface area (Å²) >= 11 is 0. The first kappa shape index (κ1) is 22.3. The molecule has 1 spiro atoms. The van der Waals surface area contributed by atoms with Crippen LogP contribution in [0.25, 0.3) is 22.4 Å². The highest BCUT2D eigenvalue weighted by Gasteiger charge is 2.37. The number of anilines is 1. The molecule has 4 heterocycles. The van der Waals surface area contributed by atoms with Crippen molar-refractivity contribution >= 4 is 5.95 Å². The van der Waals surface area contributed by atoms with E-state index in [-0.39, 0.29) is 0 Å². The van der Waals surface area contributed by atoms with Crippen LogP contribution in [0.4, 0.5) is 19.1 Å². The summed E-state index contributed by atoms with van der Waals surface area (Å²) in [5.41, 5.74) is 2.91. The molecule has 0 saturated carbocycles. The lowest BCUT2D eigenvalue weighted by molar-refractivity contribution is -0.142. The predicted octanol–water partition coefficient (Wildman–Crippen LogP) is 4.02. The molecular weight excluding hydrogens is 443 g/mol. The Bertz CT molecular complexity index is 1210. The van der Waals surface area contributed by atoms with Crippen molar-refractivity contribution in [2.75, 3.05) is 31.1 Å². The first-order valence-corrected chi connectivity index (χ1v) is 11.3. The largest absolute Gasteiger partial charge is 0.408 e. The number of alkyl halides is 3. The van der Waals surface area contributed by atoms with Crippen LogP contribution in [0.3, 0.4) is 0 Å². The lowest BCUT2D eigenvalue weighted by atomic mass is 9.78. The first-order chi connectivity index (χ1) is 16.4. The van der Waals surface area contributed by atoms with Gasteiger partial charge in [-0.2, -0.15) is 23.5 Å². The Morgan fingerprint density at radius 3 is 2.59 bits per heavy atom. The summed E-state index contributed by atoms with van der Waals surface area (Å²) in [6.45, 7) is 2.60. The number of rotatable bonds is 4. The SMILES string of the molecule is N#Cc1ccccc1-c1nc(N2CCC3(CCNC3)CC2)ncc1-c1cnn(CC(F)(F)F)c1. The van der Waals surface area contributed by atoms with Gasteiger partial charge in [0.2, 0.25) is 5.95 Å². The summed E-state index contributed by atoms with van der Waals surface area (Å²) in [5, 5.41) is 17.0. The minimum Gasteiger partial charge on any atom is -0.341 e. The zero-order valence-corrected chi connectivity index (χ0v) is 18.5. The van der Waals surface area contributed by atoms with E-state index in [2.05, 4.69) is 26.4 Å². The van der Waals surface area contributed by atoms with E-state index in [1.165, 1.54) is 18.8 Å². The quantitative estimate of drug-likeness (QED) is 0.624. The van der Waals surface area contributed by atoms with Crippen molar-refractivity contribution in [1.29, 1.82) is 5.26 Å². The Labute approximate surface area is 195 Å². The first-order valence-electron chi connectivity index (χ1n) is 11.3. The summed E-state index contributed by atoms with van der Waals surface area (Å²) < 4.78 is 39.4. The van der Waals surface area contributed by atoms with Crippen LogP contribution in [0.2, 0.25) is 0 Å². The van der Waals surface area contributed by atoms with Crippen LogP contribution in [-0.4, -0.2) is 52.1 Å². The molecule has 2 fully saturated rings. The van der Waals surface area contributed by atoms with Crippen LogP contribution in [0.15, 0.2) is 42.9 Å². The number of hydrogen-bond donors (Lipinski definition) is 1. The van der Waals surface area contributed by atoms with E-state index in [9.17, 15) is 18.4 Å². The van der Waals surface area contributed by atoms with E-state index >= 15 is 0 Å². The van der Waals surface area contributed by atoms with E-state index in [0.29, 0.717) is 39.3 Å². The fraction of sp³-hybridized carbons (Fsp3) is 0.417. The van der Waals surface area contributed by atoms with E-state index in [1.807, 2.05) is 6.07 Å². The van der Waals surface area contributed by atoms with Crippen LogP contribution in [0, 0.1) is 16.7 Å². The van der Waals surface area contributed by atoms with Crippen molar-refractivity contribution in [1.82, 2.24) is 25.1 Å². The molecule has 10 heteroatoms. The molecular formula is C24H24F3N7. The topological polar surface area (TPSA) is 82.7 Å². The third-order valence-electron chi connectivity index (χ3n) is 6.80. The second-order valence-electron chi connectivity index (χ2n) is 9.05. The predicted molar refractivity (Wildman–Crippen MR) is 121 cm³/mol. The fourth-order valence-corrected chi connectivity index (χ4v) is 4.90. The van der Waals surface area contributed by atoms with E-state index in [1.54, 1.807) is 24.4 Å². The summed E-state index contributed by atoms with van der Waals surface area (Å²) in [6.07, 6.45) is 3.26. The zero-order valence-electron chi connectivity index (χ0n) is 18.5. The molecule has 0 atom stereocenters. The van der Waals surface area contributed by atoms with E-state index < -0.39 is 12.7 Å². The van der Waals surface area contributed by atoms with Gasteiger partial charge in [-0.3, -0.25) is 4.68 Å². The van der Waals surface area contributed by atoms with Crippen molar-refractivity contribution < 1.29 is 13.2 Å². The molecule has 1 N–H and O–H groups in total. The van der Waals surface area contributed by atoms with E-state index in [4.69, 9.17) is 4.98 Å². The second-order valence-corrected chi connectivity index (χ2v) is 9.05. The van der Waals surface area contributed by atoms with Gasteiger partial charge in [0.25, 0.3) is 0 Å². The fourth-order valence-electron chi connectivity index (χ4n) is 4.90. The third-order valence-corrected chi connectivity index (χ3v) is 6.80. The molecule has 0 aliphatic carbocycles. The van der Waals surface area contributed by atoms with Crippen molar-refractivity contribution in [3.8, 4) is 28.5 Å². The molecule has 0 unspecified atom stereocenters. The molecule has 1 aromatic carbocycles. The van der Waals surface area contributed by atoms with Crippen LogP contribution in [0.1, 0.15) is 24.8 Å². The van der Waals surface area contributed by atoms with Crippen molar-refractivity contribution in [2.45, 2.75) is 32.0 Å². The number of nitrogens with one attached hydrogen (secondary N) is 1. The van der Waals surface area contributed by atoms with Gasteiger partial charge in [-0.15, -0.1) is 0 Å². The maximum absolute atomic E-state index is 12.8. The Hall–Kier alpha value is -3.45. The minimum atomic E-state index is -4.37. The molecule has 0 radical (unpaired) electrons. The molecule has 2 aliphatic rings. The standard InChI is InChI=1S/C24H24F3N7/c25-24(26,27)16-34-14-18(12-31-34)20-13-30-22(32-21(20)19-4-2-1-3-17(19)11-28)33-9-6-23(7-10-33)5-8-29-15-23/h1-4,12-14,29H,5-10,15-16H2. The lowest BCUT2D eigenvalue weighted by Gasteiger charge is -2.39. The van der Waals surface area contributed by atoms with E-state index in [0.717, 1.165) is 43.7 Å². The van der Waals surface area contributed by atoms with Crippen LogP contribution < -0.4 is 10.2 Å². The second kappa shape index (κ2) is 8.72. The summed E-state index contributed by atoms with van der Waals surface area (Å²) in [5.74, 6) is 0.565. The normalized spacial score (nSPS) is 17.8. The molecule has 7 nitrogen and oxygen atoms in total. The number of nitriles is 1. The van der Waals surface area contributed by atoms with Gasteiger partial charge < -0.3 is 10.2 Å². The molecule has 0 bridgehead atoms. The molecule has 2 saturated heterocycles. The van der Waals surface area contributed by atoms with Gasteiger partial charge in [0, 0.05) is 48.7 Å². The molecule has 34 heavy (non-hydrogen) atoms. The number of benzene rings is 1. The number of piperidine rings is 1. The van der Waals surface area contributed by atoms with Crippen molar-refractivity contribution in [3.05, 3.63) is 48.4 Å². The van der Waals surface area contributed by atoms with Gasteiger partial charge in [-0.1, -0.05) is 18.2 Å². The average molecular weight is 467 g/mol. The smallest absolute Gasteiger partial charge is 0.341 e. The highest BCUT2D eigenvalue weighted by molar-refractivity contribution is 5.83. The third kappa shape index (κ3) is 4.48. The van der Waals surface area contributed by atoms with Crippen LogP contribution in [-0.2, 0) is 6.54 Å². The highest BCUT2D eigenvalue weighted by Crippen LogP contribution is 2.39. The number of nitrogens with zero attached hydrogens (tertiary/aromatic N) is 6. The average Bonchev–Trinajstić information content (AvgIpc) is 3.48. The Balaban J connectivity index is 1.52. The Kier molecular flexibility index (Phi) is 5.73. The lowest BCUT2D eigenvalue weighted by Crippen LogP contribution is -2.42. The van der Waals surface area contributed by atoms with Crippen LogP contribution >= 0.6 is 0 Å². The van der Waals surface area contributed by atoms with Gasteiger partial charge in [-0.25, -0.2) is 9.97 Å². The summed E-state index contributed by atoms with van der Waals surface area (Å²) in [4.78, 5) is 11.6. The van der Waals surface area contributed by atoms with Crippen molar-refractivity contribution in [3.63, 3.8) is 0 Å². The van der Waals surface area contributed by atoms with Gasteiger partial charge in [-0.05, 0) is 37.3 Å². The number of halogens is 3. The molecule has 2 aromatic heterocycles. The van der Waals surface area contributed by atoms with Crippen LogP contribution in [0.5, 0.6) is 0 Å².